The van der Waals surface area contributed by atoms with Crippen LogP contribution >= 0.6 is 11.8 Å². The van der Waals surface area contributed by atoms with E-state index in [0.29, 0.717) is 11.9 Å². The van der Waals surface area contributed by atoms with Crippen LogP contribution in [0.3, 0.4) is 0 Å². The van der Waals surface area contributed by atoms with Crippen molar-refractivity contribution in [3.8, 4) is 0 Å². The van der Waals surface area contributed by atoms with Crippen molar-refractivity contribution >= 4 is 17.6 Å². The molecule has 0 aliphatic heterocycles. The minimum atomic E-state index is 0.525. The Balaban J connectivity index is 1.63. The van der Waals surface area contributed by atoms with Gasteiger partial charge in [-0.2, -0.15) is 5.10 Å². The average molecular weight is 289 g/mol. The van der Waals surface area contributed by atoms with Crippen LogP contribution in [0.1, 0.15) is 43.1 Å². The summed E-state index contributed by atoms with van der Waals surface area (Å²) in [7, 11) is 0. The number of hydrogen-bond acceptors (Lipinski definition) is 5. The van der Waals surface area contributed by atoms with E-state index < -0.39 is 0 Å². The van der Waals surface area contributed by atoms with Crippen LogP contribution in [-0.2, 0) is 5.75 Å². The smallest absolute Gasteiger partial charge is 0.190 e. The second kappa shape index (κ2) is 5.83. The van der Waals surface area contributed by atoms with Crippen LogP contribution in [0.5, 0.6) is 0 Å². The molecule has 5 nitrogen and oxygen atoms in total. The van der Waals surface area contributed by atoms with Gasteiger partial charge in [-0.1, -0.05) is 24.6 Å². The maximum absolute atomic E-state index is 5.73. The zero-order chi connectivity index (χ0) is 13.9. The minimum absolute atomic E-state index is 0.525. The number of nitrogen functional groups attached to an aromatic ring is 1. The Kier molecular flexibility index (Phi) is 3.91. The summed E-state index contributed by atoms with van der Waals surface area (Å²) in [5.74, 6) is 1.30. The first kappa shape index (κ1) is 13.4. The lowest BCUT2D eigenvalue weighted by Crippen LogP contribution is -2.05. The topological polar surface area (TPSA) is 69.6 Å². The fraction of sp³-hybridized carbons (Fsp3) is 0.500. The highest BCUT2D eigenvalue weighted by atomic mass is 32.2. The summed E-state index contributed by atoms with van der Waals surface area (Å²) in [4.78, 5) is 8.60. The van der Waals surface area contributed by atoms with Crippen molar-refractivity contribution < 1.29 is 0 Å². The van der Waals surface area contributed by atoms with Crippen LogP contribution in [-0.4, -0.2) is 19.7 Å². The standard InChI is InChI=1S/C14H19N5S/c1-10-8-13(15)17-14(16-10)20-9-11-6-7-19(18-11)12-4-2-3-5-12/h6-8,12H,2-5,9H2,1H3,(H2,15,16,17). The Bertz CT molecular complexity index is 569. The lowest BCUT2D eigenvalue weighted by atomic mass is 10.3. The molecule has 20 heavy (non-hydrogen) atoms. The maximum Gasteiger partial charge on any atom is 0.190 e. The van der Waals surface area contributed by atoms with Gasteiger partial charge in [-0.05, 0) is 25.8 Å². The van der Waals surface area contributed by atoms with Crippen molar-refractivity contribution in [2.45, 2.75) is 49.6 Å². The number of hydrogen-bond donors (Lipinski definition) is 1. The second-order valence-electron chi connectivity index (χ2n) is 5.23. The summed E-state index contributed by atoms with van der Waals surface area (Å²) in [5.41, 5.74) is 7.71. The molecule has 1 aliphatic carbocycles. The maximum atomic E-state index is 5.73. The lowest BCUT2D eigenvalue weighted by molar-refractivity contribution is 0.464. The van der Waals surface area contributed by atoms with E-state index >= 15 is 0 Å². The van der Waals surface area contributed by atoms with Gasteiger partial charge < -0.3 is 5.73 Å². The molecule has 0 saturated heterocycles. The summed E-state index contributed by atoms with van der Waals surface area (Å²) < 4.78 is 2.12. The fourth-order valence-corrected chi connectivity index (χ4v) is 3.40. The summed E-state index contributed by atoms with van der Waals surface area (Å²) in [6.45, 7) is 1.93. The van der Waals surface area contributed by atoms with Gasteiger partial charge >= 0.3 is 0 Å². The quantitative estimate of drug-likeness (QED) is 0.692. The van der Waals surface area contributed by atoms with E-state index in [1.54, 1.807) is 17.8 Å². The van der Waals surface area contributed by atoms with E-state index in [4.69, 9.17) is 5.73 Å². The predicted molar refractivity (Wildman–Crippen MR) is 80.5 cm³/mol. The third-order valence-corrected chi connectivity index (χ3v) is 4.45. The number of aromatic nitrogens is 4. The molecule has 1 fully saturated rings. The van der Waals surface area contributed by atoms with E-state index in [1.807, 2.05) is 6.92 Å². The molecule has 3 rings (SSSR count). The number of nitrogens with zero attached hydrogens (tertiary/aromatic N) is 4. The van der Waals surface area contributed by atoms with Crippen LogP contribution in [0.25, 0.3) is 0 Å². The van der Waals surface area contributed by atoms with Crippen molar-refractivity contribution in [2.24, 2.45) is 0 Å². The van der Waals surface area contributed by atoms with Gasteiger partial charge in [0.2, 0.25) is 0 Å². The molecule has 2 N–H and O–H groups in total. The average Bonchev–Trinajstić information content (AvgIpc) is 3.06. The van der Waals surface area contributed by atoms with E-state index in [-0.39, 0.29) is 0 Å². The second-order valence-corrected chi connectivity index (χ2v) is 6.17. The Labute approximate surface area is 123 Å². The van der Waals surface area contributed by atoms with Gasteiger partial charge in [-0.25, -0.2) is 9.97 Å². The first-order valence-corrected chi connectivity index (χ1v) is 7.97. The van der Waals surface area contributed by atoms with Crippen molar-refractivity contribution in [2.75, 3.05) is 5.73 Å². The molecular formula is C14H19N5S. The van der Waals surface area contributed by atoms with Crippen LogP contribution in [0, 0.1) is 6.92 Å². The number of aryl methyl sites for hydroxylation is 1. The van der Waals surface area contributed by atoms with Gasteiger partial charge in [0.25, 0.3) is 0 Å². The molecular weight excluding hydrogens is 270 g/mol. The zero-order valence-electron chi connectivity index (χ0n) is 11.6. The predicted octanol–water partition coefficient (Wildman–Crippen LogP) is 2.97. The number of rotatable bonds is 4. The first-order valence-electron chi connectivity index (χ1n) is 6.99. The molecule has 2 aromatic heterocycles. The normalized spacial score (nSPS) is 15.8. The summed E-state index contributed by atoms with van der Waals surface area (Å²) in [6.07, 6.45) is 7.25. The highest BCUT2D eigenvalue weighted by Crippen LogP contribution is 2.29. The van der Waals surface area contributed by atoms with Crippen LogP contribution < -0.4 is 5.73 Å². The van der Waals surface area contributed by atoms with E-state index in [1.165, 1.54) is 25.7 Å². The SMILES string of the molecule is Cc1cc(N)nc(SCc2ccn(C3CCCC3)n2)n1. The Hall–Kier alpha value is -1.56. The number of thioether (sulfide) groups is 1. The first-order chi connectivity index (χ1) is 9.70. The highest BCUT2D eigenvalue weighted by molar-refractivity contribution is 7.98. The third kappa shape index (κ3) is 3.12. The van der Waals surface area contributed by atoms with Crippen molar-refractivity contribution in [1.82, 2.24) is 19.7 Å². The van der Waals surface area contributed by atoms with Crippen LogP contribution in [0.4, 0.5) is 5.82 Å². The largest absolute Gasteiger partial charge is 0.384 e. The summed E-state index contributed by atoms with van der Waals surface area (Å²) >= 11 is 1.58. The molecule has 0 bridgehead atoms. The molecule has 2 heterocycles. The Morgan fingerprint density at radius 1 is 1.35 bits per heavy atom. The monoisotopic (exact) mass is 289 g/mol. The summed E-state index contributed by atoms with van der Waals surface area (Å²) in [6, 6.07) is 4.46. The molecule has 0 aromatic carbocycles. The Morgan fingerprint density at radius 3 is 2.90 bits per heavy atom. The number of nitrogens with two attached hydrogens (primary N) is 1. The minimum Gasteiger partial charge on any atom is -0.384 e. The Morgan fingerprint density at radius 2 is 2.15 bits per heavy atom. The highest BCUT2D eigenvalue weighted by Gasteiger charge is 2.17. The molecule has 2 aromatic rings. The third-order valence-electron chi connectivity index (χ3n) is 3.57. The van der Waals surface area contributed by atoms with E-state index in [0.717, 1.165) is 22.3 Å². The van der Waals surface area contributed by atoms with Crippen LogP contribution in [0.15, 0.2) is 23.5 Å². The molecule has 1 saturated carbocycles. The van der Waals surface area contributed by atoms with Crippen molar-refractivity contribution in [3.63, 3.8) is 0 Å². The number of anilines is 1. The van der Waals surface area contributed by atoms with Gasteiger partial charge in [0.1, 0.15) is 5.82 Å². The van der Waals surface area contributed by atoms with Gasteiger partial charge in [0.05, 0.1) is 11.7 Å². The molecule has 0 radical (unpaired) electrons. The van der Waals surface area contributed by atoms with Gasteiger partial charge in [-0.3, -0.25) is 4.68 Å². The van der Waals surface area contributed by atoms with Crippen LogP contribution in [0.2, 0.25) is 0 Å². The van der Waals surface area contributed by atoms with E-state index in [2.05, 4.69) is 32.0 Å². The molecule has 0 atom stereocenters. The summed E-state index contributed by atoms with van der Waals surface area (Å²) in [5, 5.41) is 5.38. The zero-order valence-corrected chi connectivity index (χ0v) is 12.4. The molecule has 0 unspecified atom stereocenters. The van der Waals surface area contributed by atoms with Gasteiger partial charge in [0, 0.05) is 23.7 Å². The van der Waals surface area contributed by atoms with Crippen molar-refractivity contribution in [1.29, 1.82) is 0 Å². The molecule has 6 heteroatoms. The van der Waals surface area contributed by atoms with Gasteiger partial charge in [-0.15, -0.1) is 0 Å². The van der Waals surface area contributed by atoms with Crippen molar-refractivity contribution in [3.05, 3.63) is 29.7 Å². The lowest BCUT2D eigenvalue weighted by Gasteiger charge is -2.08. The molecule has 1 aliphatic rings. The fourth-order valence-electron chi connectivity index (χ4n) is 2.59. The molecule has 106 valence electrons. The van der Waals surface area contributed by atoms with E-state index in [9.17, 15) is 0 Å². The van der Waals surface area contributed by atoms with Gasteiger partial charge in [0.15, 0.2) is 5.16 Å². The molecule has 0 spiro atoms. The molecule has 0 amide bonds.